The highest BCUT2D eigenvalue weighted by Crippen LogP contribution is 2.32. The number of carbonyl (C=O) groups excluding carboxylic acids is 1. The fraction of sp³-hybridized carbons (Fsp3) is 0.156. The predicted molar refractivity (Wildman–Crippen MR) is 154 cm³/mol. The number of nitro groups is 1. The molecular weight excluding hydrogens is 490 g/mol. The second-order valence-electron chi connectivity index (χ2n) is 9.63. The minimum Gasteiger partial charge on any atom is -0.456 e. The minimum absolute atomic E-state index is 0.000636. The smallest absolute Gasteiger partial charge is 0.291 e. The number of furan rings is 1. The molecule has 0 saturated carbocycles. The Kier molecular flexibility index (Phi) is 7.41. The number of hydrogen-bond acceptors (Lipinski definition) is 5. The van der Waals surface area contributed by atoms with Gasteiger partial charge in [0.05, 0.1) is 4.92 Å². The Morgan fingerprint density at radius 3 is 2.31 bits per heavy atom. The quantitative estimate of drug-likeness (QED) is 0.161. The van der Waals surface area contributed by atoms with E-state index in [0.29, 0.717) is 17.9 Å². The van der Waals surface area contributed by atoms with Crippen molar-refractivity contribution in [2.45, 2.75) is 25.3 Å². The number of hydrogen-bond donors (Lipinski definition) is 1. The average molecular weight is 520 g/mol. The third kappa shape index (κ3) is 5.83. The van der Waals surface area contributed by atoms with Gasteiger partial charge in [-0.2, -0.15) is 0 Å². The largest absolute Gasteiger partial charge is 0.456 e. The number of nitrogens with one attached hydrogen (secondary N) is 1. The maximum atomic E-state index is 12.7. The number of fused-ring (bicyclic) bond motifs is 1. The molecule has 0 saturated heterocycles. The first-order chi connectivity index (χ1) is 18.9. The summed E-state index contributed by atoms with van der Waals surface area (Å²) in [5.74, 6) is 0.501. The first-order valence-electron chi connectivity index (χ1n) is 12.8. The summed E-state index contributed by atoms with van der Waals surface area (Å²) in [6.07, 6.45) is 0.509. The van der Waals surface area contributed by atoms with Gasteiger partial charge in [0.2, 0.25) is 0 Å². The number of para-hydroxylation sites is 1. The third-order valence-electron chi connectivity index (χ3n) is 7.20. The molecule has 1 amide bonds. The molecule has 196 valence electrons. The molecule has 1 N–H and O–H groups in total. The number of amides is 1. The summed E-state index contributed by atoms with van der Waals surface area (Å²) >= 11 is 0. The Hall–Kier alpha value is -4.91. The summed E-state index contributed by atoms with van der Waals surface area (Å²) in [7, 11) is 2.05. The van der Waals surface area contributed by atoms with E-state index in [9.17, 15) is 14.9 Å². The third-order valence-corrected chi connectivity index (χ3v) is 7.20. The zero-order chi connectivity index (χ0) is 27.4. The van der Waals surface area contributed by atoms with E-state index >= 15 is 0 Å². The van der Waals surface area contributed by atoms with E-state index in [-0.39, 0.29) is 29.3 Å². The number of nitro benzene ring substituents is 1. The van der Waals surface area contributed by atoms with Crippen molar-refractivity contribution < 1.29 is 14.1 Å². The van der Waals surface area contributed by atoms with Crippen LogP contribution < -0.4 is 10.2 Å². The highest BCUT2D eigenvalue weighted by atomic mass is 16.6. The standard InChI is InChI=1S/C32H29N3O4/c1-22(34(2)28-17-12-23-8-6-7-9-25(23)20-28)30(24-13-15-27(16-14-24)35(37)38)21-29-18-19-31(39-29)32(36)33-26-10-4-3-5-11-26/h3-20,22,30H,21H2,1-2H3,(H,33,36). The molecule has 1 aromatic heterocycles. The highest BCUT2D eigenvalue weighted by molar-refractivity contribution is 6.02. The Balaban J connectivity index is 1.41. The van der Waals surface area contributed by atoms with Gasteiger partial charge in [0.1, 0.15) is 5.76 Å². The summed E-state index contributed by atoms with van der Waals surface area (Å²) in [5.41, 5.74) is 2.75. The van der Waals surface area contributed by atoms with Crippen LogP contribution in [0.4, 0.5) is 17.1 Å². The Labute approximate surface area is 226 Å². The average Bonchev–Trinajstić information content (AvgIpc) is 3.44. The predicted octanol–water partition coefficient (Wildman–Crippen LogP) is 7.44. The first-order valence-corrected chi connectivity index (χ1v) is 12.8. The molecule has 39 heavy (non-hydrogen) atoms. The van der Waals surface area contributed by atoms with Crippen LogP contribution in [0, 0.1) is 10.1 Å². The van der Waals surface area contributed by atoms with Gasteiger partial charge in [-0.05, 0) is 59.7 Å². The van der Waals surface area contributed by atoms with Gasteiger partial charge >= 0.3 is 0 Å². The van der Waals surface area contributed by atoms with E-state index < -0.39 is 4.92 Å². The van der Waals surface area contributed by atoms with Crippen molar-refractivity contribution in [3.05, 3.63) is 136 Å². The SMILES string of the molecule is CC(C(Cc1ccc(C(=O)Nc2ccccc2)o1)c1ccc([N+](=O)[O-])cc1)N(C)c1ccc2ccccc2c1. The van der Waals surface area contributed by atoms with Gasteiger partial charge < -0.3 is 14.6 Å². The number of likely N-dealkylation sites (N-methyl/N-ethyl adjacent to an activating group) is 1. The summed E-state index contributed by atoms with van der Waals surface area (Å²) in [6, 6.07) is 34.0. The van der Waals surface area contributed by atoms with Gasteiger partial charge in [-0.3, -0.25) is 14.9 Å². The maximum absolute atomic E-state index is 12.7. The second-order valence-corrected chi connectivity index (χ2v) is 9.63. The van der Waals surface area contributed by atoms with Crippen LogP contribution in [0.25, 0.3) is 10.8 Å². The Morgan fingerprint density at radius 2 is 1.59 bits per heavy atom. The van der Waals surface area contributed by atoms with Crippen LogP contribution in [-0.2, 0) is 6.42 Å². The van der Waals surface area contributed by atoms with Gasteiger partial charge in [-0.15, -0.1) is 0 Å². The van der Waals surface area contributed by atoms with E-state index in [4.69, 9.17) is 4.42 Å². The number of non-ortho nitro benzene ring substituents is 1. The van der Waals surface area contributed by atoms with Crippen LogP contribution in [0.3, 0.4) is 0 Å². The van der Waals surface area contributed by atoms with Gasteiger partial charge in [0.15, 0.2) is 5.76 Å². The number of carbonyl (C=O) groups is 1. The lowest BCUT2D eigenvalue weighted by atomic mass is 9.87. The maximum Gasteiger partial charge on any atom is 0.291 e. The molecule has 5 aromatic rings. The van der Waals surface area contributed by atoms with E-state index in [1.165, 1.54) is 17.5 Å². The van der Waals surface area contributed by atoms with E-state index in [1.54, 1.807) is 18.2 Å². The molecule has 2 unspecified atom stereocenters. The van der Waals surface area contributed by atoms with Crippen LogP contribution >= 0.6 is 0 Å². The van der Waals surface area contributed by atoms with Crippen molar-refractivity contribution in [2.24, 2.45) is 0 Å². The molecule has 5 rings (SSSR count). The zero-order valence-corrected chi connectivity index (χ0v) is 21.8. The fourth-order valence-electron chi connectivity index (χ4n) is 4.85. The van der Waals surface area contributed by atoms with Crippen LogP contribution in [-0.4, -0.2) is 23.9 Å². The van der Waals surface area contributed by atoms with Crippen molar-refractivity contribution in [3.63, 3.8) is 0 Å². The molecule has 2 atom stereocenters. The van der Waals surface area contributed by atoms with E-state index in [2.05, 4.69) is 47.5 Å². The summed E-state index contributed by atoms with van der Waals surface area (Å²) in [4.78, 5) is 25.8. The van der Waals surface area contributed by atoms with Crippen molar-refractivity contribution in [2.75, 3.05) is 17.3 Å². The number of anilines is 2. The molecule has 7 heteroatoms. The molecular formula is C32H29N3O4. The normalized spacial score (nSPS) is 12.6. The van der Waals surface area contributed by atoms with Gasteiger partial charge in [0.25, 0.3) is 11.6 Å². The molecule has 7 nitrogen and oxygen atoms in total. The van der Waals surface area contributed by atoms with Crippen molar-refractivity contribution in [3.8, 4) is 0 Å². The summed E-state index contributed by atoms with van der Waals surface area (Å²) in [5, 5.41) is 16.4. The van der Waals surface area contributed by atoms with Gasteiger partial charge in [-0.1, -0.05) is 60.7 Å². The molecule has 0 aliphatic carbocycles. The second kappa shape index (κ2) is 11.2. The van der Waals surface area contributed by atoms with Crippen LogP contribution in [0.1, 0.15) is 34.7 Å². The topological polar surface area (TPSA) is 88.6 Å². The number of benzene rings is 4. The zero-order valence-electron chi connectivity index (χ0n) is 21.8. The first kappa shape index (κ1) is 25.7. The fourth-order valence-corrected chi connectivity index (χ4v) is 4.85. The number of nitrogens with zero attached hydrogens (tertiary/aromatic N) is 2. The molecule has 0 fully saturated rings. The lowest BCUT2D eigenvalue weighted by molar-refractivity contribution is -0.384. The summed E-state index contributed by atoms with van der Waals surface area (Å²) < 4.78 is 5.99. The van der Waals surface area contributed by atoms with Gasteiger partial charge in [-0.25, -0.2) is 0 Å². The van der Waals surface area contributed by atoms with E-state index in [1.807, 2.05) is 55.6 Å². The molecule has 0 radical (unpaired) electrons. The highest BCUT2D eigenvalue weighted by Gasteiger charge is 2.26. The molecule has 4 aromatic carbocycles. The van der Waals surface area contributed by atoms with Crippen molar-refractivity contribution >= 4 is 33.7 Å². The lowest BCUT2D eigenvalue weighted by Gasteiger charge is -2.34. The summed E-state index contributed by atoms with van der Waals surface area (Å²) in [6.45, 7) is 2.13. The monoisotopic (exact) mass is 519 g/mol. The minimum atomic E-state index is -0.395. The lowest BCUT2D eigenvalue weighted by Crippen LogP contribution is -2.35. The Morgan fingerprint density at radius 1 is 0.897 bits per heavy atom. The van der Waals surface area contributed by atoms with Gasteiger partial charge in [0, 0.05) is 48.9 Å². The van der Waals surface area contributed by atoms with Crippen molar-refractivity contribution in [1.82, 2.24) is 0 Å². The van der Waals surface area contributed by atoms with Crippen LogP contribution in [0.5, 0.6) is 0 Å². The Bertz CT molecular complexity index is 1600. The molecule has 0 spiro atoms. The molecule has 1 heterocycles. The van der Waals surface area contributed by atoms with Crippen molar-refractivity contribution in [1.29, 1.82) is 0 Å². The van der Waals surface area contributed by atoms with E-state index in [0.717, 1.165) is 16.6 Å². The van der Waals surface area contributed by atoms with Crippen LogP contribution in [0.15, 0.2) is 114 Å². The molecule has 0 aliphatic heterocycles. The molecule has 0 bridgehead atoms. The molecule has 0 aliphatic rings. The van der Waals surface area contributed by atoms with Crippen LogP contribution in [0.2, 0.25) is 0 Å². The number of rotatable bonds is 9.